The predicted octanol–water partition coefficient (Wildman–Crippen LogP) is 3.03. The Balaban J connectivity index is 1.88. The van der Waals surface area contributed by atoms with Crippen LogP contribution >= 0.6 is 0 Å². The van der Waals surface area contributed by atoms with Gasteiger partial charge in [-0.3, -0.25) is 0 Å². The summed E-state index contributed by atoms with van der Waals surface area (Å²) in [5.41, 5.74) is -0.891. The molecule has 0 aromatic heterocycles. The minimum Gasteiger partial charge on any atom is -0.348 e. The summed E-state index contributed by atoms with van der Waals surface area (Å²) in [7, 11) is 0. The SMILES string of the molecule is [C-]#[N+]C1([N+]#[C-])CC=CCC2CC3(CCC21)OCCO3. The fraction of sp³-hybridized carbons (Fsp3) is 0.733. The average Bonchev–Trinajstić information content (AvgIpc) is 2.80. The van der Waals surface area contributed by atoms with Crippen molar-refractivity contribution in [3.05, 3.63) is 35.0 Å². The zero-order chi connectivity index (χ0) is 13.3. The molecule has 19 heavy (non-hydrogen) atoms. The lowest BCUT2D eigenvalue weighted by Gasteiger charge is -2.40. The van der Waals surface area contributed by atoms with Crippen molar-refractivity contribution in [3.8, 4) is 0 Å². The monoisotopic (exact) mass is 258 g/mol. The molecule has 1 saturated carbocycles. The molecule has 1 saturated heterocycles. The van der Waals surface area contributed by atoms with Crippen molar-refractivity contribution in [2.75, 3.05) is 13.2 Å². The Hall–Kier alpha value is -1.36. The minimum absolute atomic E-state index is 0.149. The Morgan fingerprint density at radius 3 is 2.53 bits per heavy atom. The molecule has 4 heteroatoms. The van der Waals surface area contributed by atoms with Gasteiger partial charge in [-0.2, -0.15) is 0 Å². The highest BCUT2D eigenvalue weighted by atomic mass is 16.7. The summed E-state index contributed by atoms with van der Waals surface area (Å²) in [6.07, 6.45) is 8.15. The molecule has 0 radical (unpaired) electrons. The topological polar surface area (TPSA) is 27.2 Å². The van der Waals surface area contributed by atoms with Gasteiger partial charge in [-0.15, -0.1) is 0 Å². The Bertz CT molecular complexity index is 452. The van der Waals surface area contributed by atoms with E-state index in [9.17, 15) is 0 Å². The lowest BCUT2D eigenvalue weighted by atomic mass is 9.69. The number of nitrogens with zero attached hydrogens (tertiary/aromatic N) is 2. The summed E-state index contributed by atoms with van der Waals surface area (Å²) >= 11 is 0. The molecule has 1 aliphatic heterocycles. The highest BCUT2D eigenvalue weighted by Crippen LogP contribution is 2.50. The van der Waals surface area contributed by atoms with Crippen molar-refractivity contribution < 1.29 is 9.47 Å². The zero-order valence-electron chi connectivity index (χ0n) is 11.0. The van der Waals surface area contributed by atoms with Crippen molar-refractivity contribution in [2.24, 2.45) is 11.8 Å². The average molecular weight is 258 g/mol. The maximum absolute atomic E-state index is 7.48. The quantitative estimate of drug-likeness (QED) is 0.493. The van der Waals surface area contributed by atoms with Crippen molar-refractivity contribution in [3.63, 3.8) is 0 Å². The maximum atomic E-state index is 7.48. The van der Waals surface area contributed by atoms with Crippen LogP contribution < -0.4 is 0 Å². The van der Waals surface area contributed by atoms with Crippen molar-refractivity contribution >= 4 is 0 Å². The molecule has 0 aromatic carbocycles. The molecule has 0 amide bonds. The second-order valence-corrected chi connectivity index (χ2v) is 5.73. The van der Waals surface area contributed by atoms with Crippen LogP contribution in [0.1, 0.15) is 32.1 Å². The van der Waals surface area contributed by atoms with E-state index in [4.69, 9.17) is 22.6 Å². The van der Waals surface area contributed by atoms with Crippen LogP contribution in [0.5, 0.6) is 0 Å². The van der Waals surface area contributed by atoms with E-state index in [1.54, 1.807) is 0 Å². The van der Waals surface area contributed by atoms with Crippen molar-refractivity contribution in [1.29, 1.82) is 0 Å². The van der Waals surface area contributed by atoms with E-state index < -0.39 is 11.4 Å². The molecule has 0 N–H and O–H groups in total. The summed E-state index contributed by atoms with van der Waals surface area (Å²) in [4.78, 5) is 7.44. The third-order valence-corrected chi connectivity index (χ3v) is 4.80. The summed E-state index contributed by atoms with van der Waals surface area (Å²) < 4.78 is 11.6. The molecule has 3 rings (SSSR count). The van der Waals surface area contributed by atoms with E-state index >= 15 is 0 Å². The molecule has 0 aromatic rings. The van der Waals surface area contributed by atoms with Crippen LogP contribution in [-0.4, -0.2) is 24.7 Å². The number of fused-ring (bicyclic) bond motifs is 1. The molecule has 2 aliphatic carbocycles. The van der Waals surface area contributed by atoms with Crippen LogP contribution in [0.15, 0.2) is 12.2 Å². The largest absolute Gasteiger partial charge is 0.488 e. The van der Waals surface area contributed by atoms with Crippen LogP contribution in [0.2, 0.25) is 0 Å². The van der Waals surface area contributed by atoms with Gasteiger partial charge in [0.2, 0.25) is 0 Å². The van der Waals surface area contributed by atoms with Gasteiger partial charge in [-0.05, 0) is 18.8 Å². The first-order valence-corrected chi connectivity index (χ1v) is 6.94. The Morgan fingerprint density at radius 1 is 1.11 bits per heavy atom. The van der Waals surface area contributed by atoms with Gasteiger partial charge in [0.1, 0.15) is 12.3 Å². The smallest absolute Gasteiger partial charge is 0.348 e. The molecular formula is C15H18N2O2. The van der Waals surface area contributed by atoms with E-state index in [1.165, 1.54) is 0 Å². The van der Waals surface area contributed by atoms with Crippen molar-refractivity contribution in [1.82, 2.24) is 0 Å². The van der Waals surface area contributed by atoms with E-state index in [0.29, 0.717) is 25.6 Å². The Morgan fingerprint density at radius 2 is 1.84 bits per heavy atom. The predicted molar refractivity (Wildman–Crippen MR) is 69.8 cm³/mol. The zero-order valence-corrected chi connectivity index (χ0v) is 11.0. The summed E-state index contributed by atoms with van der Waals surface area (Å²) in [5, 5.41) is 0. The van der Waals surface area contributed by atoms with E-state index in [2.05, 4.69) is 15.8 Å². The molecule has 2 unspecified atom stereocenters. The molecule has 3 aliphatic rings. The molecule has 2 fully saturated rings. The van der Waals surface area contributed by atoms with Crippen LogP contribution in [0, 0.1) is 25.0 Å². The normalized spacial score (nSPS) is 35.1. The number of hydrogen-bond donors (Lipinski definition) is 0. The van der Waals surface area contributed by atoms with Crippen LogP contribution in [0.4, 0.5) is 0 Å². The van der Waals surface area contributed by atoms with Gasteiger partial charge in [-0.1, -0.05) is 12.2 Å². The standard InChI is InChI=1S/C15H18N2O2/c1-16-15(17-2)7-4-3-5-12-11-14(8-6-13(12)15)18-9-10-19-14/h3-4,12-13H,5-11H2. The van der Waals surface area contributed by atoms with E-state index in [0.717, 1.165) is 25.7 Å². The molecular weight excluding hydrogens is 240 g/mol. The second-order valence-electron chi connectivity index (χ2n) is 5.73. The fourth-order valence-electron chi connectivity index (χ4n) is 3.83. The van der Waals surface area contributed by atoms with Gasteiger partial charge >= 0.3 is 5.66 Å². The van der Waals surface area contributed by atoms with E-state index in [1.807, 2.05) is 6.08 Å². The lowest BCUT2D eigenvalue weighted by Crippen LogP contribution is -2.46. The fourth-order valence-corrected chi connectivity index (χ4v) is 3.83. The van der Waals surface area contributed by atoms with Gasteiger partial charge < -0.3 is 9.47 Å². The summed E-state index contributed by atoms with van der Waals surface area (Å²) in [5.74, 6) is 0.0551. The Labute approximate surface area is 114 Å². The van der Waals surface area contributed by atoms with Gasteiger partial charge in [0.25, 0.3) is 0 Å². The lowest BCUT2D eigenvalue weighted by molar-refractivity contribution is -0.196. The molecule has 1 spiro atoms. The third-order valence-electron chi connectivity index (χ3n) is 4.80. The molecule has 4 nitrogen and oxygen atoms in total. The van der Waals surface area contributed by atoms with Crippen LogP contribution in [0.25, 0.3) is 9.69 Å². The molecule has 1 heterocycles. The summed E-state index contributed by atoms with van der Waals surface area (Å²) in [6, 6.07) is 0. The van der Waals surface area contributed by atoms with Gasteiger partial charge in [0.05, 0.1) is 13.2 Å². The molecule has 100 valence electrons. The minimum atomic E-state index is -0.891. The first kappa shape index (κ1) is 12.7. The molecule has 2 atom stereocenters. The highest BCUT2D eigenvalue weighted by Gasteiger charge is 2.60. The highest BCUT2D eigenvalue weighted by molar-refractivity contribution is 5.18. The van der Waals surface area contributed by atoms with E-state index in [-0.39, 0.29) is 5.92 Å². The number of rotatable bonds is 0. The number of ether oxygens (including phenoxy) is 2. The van der Waals surface area contributed by atoms with Gasteiger partial charge in [-0.25, -0.2) is 22.8 Å². The first-order valence-electron chi connectivity index (χ1n) is 6.94. The maximum Gasteiger partial charge on any atom is 0.488 e. The Kier molecular flexibility index (Phi) is 3.09. The van der Waals surface area contributed by atoms with Crippen molar-refractivity contribution in [2.45, 2.75) is 43.6 Å². The number of hydrogen-bond acceptors (Lipinski definition) is 2. The summed E-state index contributed by atoms with van der Waals surface area (Å²) in [6.45, 7) is 16.3. The second kappa shape index (κ2) is 4.63. The molecule has 0 bridgehead atoms. The van der Waals surface area contributed by atoms with Gasteiger partial charge in [0, 0.05) is 12.8 Å². The first-order chi connectivity index (χ1) is 9.24. The van der Waals surface area contributed by atoms with Crippen LogP contribution in [-0.2, 0) is 9.47 Å². The number of allylic oxidation sites excluding steroid dienone is 1. The van der Waals surface area contributed by atoms with Crippen LogP contribution in [0.3, 0.4) is 0 Å². The van der Waals surface area contributed by atoms with Gasteiger partial charge in [0.15, 0.2) is 5.79 Å². The third kappa shape index (κ3) is 1.96.